The van der Waals surface area contributed by atoms with Crippen LogP contribution in [0.2, 0.25) is 0 Å². The van der Waals surface area contributed by atoms with Crippen LogP contribution < -0.4 is 4.74 Å². The minimum Gasteiger partial charge on any atom is -0.489 e. The van der Waals surface area contributed by atoms with Crippen LogP contribution in [-0.4, -0.2) is 23.0 Å². The number of allylic oxidation sites excluding steroid dienone is 2. The molecule has 150 valence electrons. The van der Waals surface area contributed by atoms with Crippen molar-refractivity contribution in [3.05, 3.63) is 77.9 Å². The molecule has 0 N–H and O–H groups in total. The molecule has 2 aromatic carbocycles. The van der Waals surface area contributed by atoms with E-state index in [1.807, 2.05) is 54.6 Å². The molecular formula is C25H22N2O3. The van der Waals surface area contributed by atoms with Crippen molar-refractivity contribution < 1.29 is 14.3 Å². The van der Waals surface area contributed by atoms with Crippen molar-refractivity contribution in [3.8, 4) is 5.75 Å². The molecule has 3 fully saturated rings. The molecule has 6 atom stereocenters. The average molecular weight is 398 g/mol. The number of benzene rings is 2. The molecule has 2 saturated carbocycles. The number of hydrazone groups is 1. The van der Waals surface area contributed by atoms with Crippen molar-refractivity contribution in [3.63, 3.8) is 0 Å². The molecule has 4 aliphatic carbocycles. The van der Waals surface area contributed by atoms with Crippen LogP contribution in [0.5, 0.6) is 5.75 Å². The van der Waals surface area contributed by atoms with Crippen LogP contribution in [0, 0.1) is 35.5 Å². The van der Waals surface area contributed by atoms with E-state index in [4.69, 9.17) is 4.74 Å². The van der Waals surface area contributed by atoms with Crippen LogP contribution in [0.25, 0.3) is 0 Å². The predicted molar refractivity (Wildman–Crippen MR) is 111 cm³/mol. The Bertz CT molecular complexity index is 1020. The first-order valence-corrected chi connectivity index (χ1v) is 10.6. The molecule has 0 unspecified atom stereocenters. The van der Waals surface area contributed by atoms with E-state index in [0.29, 0.717) is 18.4 Å². The monoisotopic (exact) mass is 398 g/mol. The molecule has 0 spiro atoms. The topological polar surface area (TPSA) is 59.0 Å². The summed E-state index contributed by atoms with van der Waals surface area (Å²) >= 11 is 0. The second-order valence-corrected chi connectivity index (χ2v) is 8.73. The van der Waals surface area contributed by atoms with Crippen LogP contribution in [0.1, 0.15) is 17.5 Å². The van der Waals surface area contributed by atoms with E-state index < -0.39 is 0 Å². The standard InChI is InChI=1S/C25H22N2O3/c28-24-22-18-10-11-19(21-12-20(18)21)23(22)25(29)27(24)26-13-15-6-8-17(9-7-15)30-14-16-4-2-1-3-5-16/h1-11,13,18-23H,12,14H2/b26-13-/t18-,19-,20-,21+,22+,23-/m1/s1. The molecule has 2 aromatic rings. The first-order chi connectivity index (χ1) is 14.7. The molecule has 1 heterocycles. The summed E-state index contributed by atoms with van der Waals surface area (Å²) < 4.78 is 5.80. The molecule has 0 aromatic heterocycles. The maximum Gasteiger partial charge on any atom is 0.254 e. The third kappa shape index (κ3) is 2.72. The molecule has 1 aliphatic heterocycles. The average Bonchev–Trinajstić information content (AvgIpc) is 3.57. The van der Waals surface area contributed by atoms with Gasteiger partial charge in [0.05, 0.1) is 18.1 Å². The van der Waals surface area contributed by atoms with Gasteiger partial charge in [-0.25, -0.2) is 0 Å². The number of hydrogen-bond donors (Lipinski definition) is 0. The van der Waals surface area contributed by atoms with Gasteiger partial charge in [0.15, 0.2) is 0 Å². The van der Waals surface area contributed by atoms with Crippen molar-refractivity contribution in [2.24, 2.45) is 40.6 Å². The highest BCUT2D eigenvalue weighted by Crippen LogP contribution is 2.65. The Hall–Kier alpha value is -3.21. The van der Waals surface area contributed by atoms with E-state index in [-0.39, 0.29) is 35.5 Å². The van der Waals surface area contributed by atoms with Gasteiger partial charge < -0.3 is 4.74 Å². The van der Waals surface area contributed by atoms with E-state index in [2.05, 4.69) is 17.3 Å². The second kappa shape index (κ2) is 6.66. The number of carbonyl (C=O) groups is 2. The highest BCUT2D eigenvalue weighted by atomic mass is 16.5. The van der Waals surface area contributed by atoms with Crippen LogP contribution in [-0.2, 0) is 16.2 Å². The van der Waals surface area contributed by atoms with Crippen molar-refractivity contribution in [1.29, 1.82) is 0 Å². The Balaban J connectivity index is 1.13. The van der Waals surface area contributed by atoms with Crippen molar-refractivity contribution >= 4 is 18.0 Å². The summed E-state index contributed by atoms with van der Waals surface area (Å²) in [5, 5.41) is 5.40. The molecule has 1 saturated heterocycles. The van der Waals surface area contributed by atoms with Crippen LogP contribution in [0.4, 0.5) is 0 Å². The summed E-state index contributed by atoms with van der Waals surface area (Å²) in [5.74, 6) is 1.74. The molecule has 0 radical (unpaired) electrons. The van der Waals surface area contributed by atoms with E-state index in [9.17, 15) is 9.59 Å². The van der Waals surface area contributed by atoms with Crippen LogP contribution in [0.3, 0.4) is 0 Å². The van der Waals surface area contributed by atoms with Crippen LogP contribution >= 0.6 is 0 Å². The predicted octanol–water partition coefficient (Wildman–Crippen LogP) is 3.65. The fourth-order valence-electron chi connectivity index (χ4n) is 5.57. The van der Waals surface area contributed by atoms with E-state index in [1.165, 1.54) is 0 Å². The molecule has 5 nitrogen and oxygen atoms in total. The maximum atomic E-state index is 12.9. The SMILES string of the molecule is O=C1[C@@H]2[C@@H]3C=C[C@H]([C@H]4C[C@@H]34)[C@@H]2C(=O)N1/N=C\c1ccc(OCc2ccccc2)cc1. The van der Waals surface area contributed by atoms with Gasteiger partial charge in [0.1, 0.15) is 12.4 Å². The number of hydrogen-bond acceptors (Lipinski definition) is 4. The zero-order valence-corrected chi connectivity index (χ0v) is 16.4. The lowest BCUT2D eigenvalue weighted by molar-refractivity contribution is -0.140. The largest absolute Gasteiger partial charge is 0.489 e. The Labute approximate surface area is 175 Å². The molecule has 2 bridgehead atoms. The maximum absolute atomic E-state index is 12.9. The number of amides is 2. The highest BCUT2D eigenvalue weighted by Gasteiger charge is 2.67. The third-order valence-electron chi connectivity index (χ3n) is 7.09. The molecule has 5 aliphatic rings. The Kier molecular flexibility index (Phi) is 3.91. The van der Waals surface area contributed by atoms with Crippen molar-refractivity contribution in [2.75, 3.05) is 0 Å². The zero-order chi connectivity index (χ0) is 20.2. The Morgan fingerprint density at radius 2 is 1.53 bits per heavy atom. The third-order valence-corrected chi connectivity index (χ3v) is 7.09. The van der Waals surface area contributed by atoms with Crippen molar-refractivity contribution in [1.82, 2.24) is 5.01 Å². The molecular weight excluding hydrogens is 376 g/mol. The summed E-state index contributed by atoms with van der Waals surface area (Å²) in [5.41, 5.74) is 1.93. The second-order valence-electron chi connectivity index (χ2n) is 8.73. The van der Waals surface area contributed by atoms with Gasteiger partial charge in [0.25, 0.3) is 11.8 Å². The number of imide groups is 1. The fraction of sp³-hybridized carbons (Fsp3) is 0.320. The number of carbonyl (C=O) groups excluding carboxylic acids is 2. The summed E-state index contributed by atoms with van der Waals surface area (Å²) in [4.78, 5) is 25.9. The summed E-state index contributed by atoms with van der Waals surface area (Å²) in [6, 6.07) is 17.5. The quantitative estimate of drug-likeness (QED) is 0.439. The van der Waals surface area contributed by atoms with Gasteiger partial charge in [-0.3, -0.25) is 9.59 Å². The minimum atomic E-state index is -0.206. The molecule has 30 heavy (non-hydrogen) atoms. The first kappa shape index (κ1) is 17.6. The van der Waals surface area contributed by atoms with Gasteiger partial charge in [0, 0.05) is 0 Å². The molecule has 2 amide bonds. The zero-order valence-electron chi connectivity index (χ0n) is 16.4. The lowest BCUT2D eigenvalue weighted by Crippen LogP contribution is -2.40. The summed E-state index contributed by atoms with van der Waals surface area (Å²) in [6.07, 6.45) is 7.10. The smallest absolute Gasteiger partial charge is 0.254 e. The van der Waals surface area contributed by atoms with E-state index >= 15 is 0 Å². The molecule has 5 heteroatoms. The van der Waals surface area contributed by atoms with Crippen molar-refractivity contribution in [2.45, 2.75) is 13.0 Å². The van der Waals surface area contributed by atoms with Gasteiger partial charge in [-0.05, 0) is 65.5 Å². The Morgan fingerprint density at radius 3 is 2.17 bits per heavy atom. The summed E-state index contributed by atoms with van der Waals surface area (Å²) in [6.45, 7) is 0.506. The van der Waals surface area contributed by atoms with Gasteiger partial charge in [-0.1, -0.05) is 42.5 Å². The Morgan fingerprint density at radius 1 is 0.900 bits per heavy atom. The van der Waals surface area contributed by atoms with Crippen LogP contribution in [0.15, 0.2) is 71.9 Å². The van der Waals surface area contributed by atoms with Gasteiger partial charge in [0.2, 0.25) is 0 Å². The lowest BCUT2D eigenvalue weighted by Gasteiger charge is -2.37. The number of nitrogens with zero attached hydrogens (tertiary/aromatic N) is 2. The summed E-state index contributed by atoms with van der Waals surface area (Å²) in [7, 11) is 0. The fourth-order valence-corrected chi connectivity index (χ4v) is 5.57. The van der Waals surface area contributed by atoms with Gasteiger partial charge >= 0.3 is 0 Å². The highest BCUT2D eigenvalue weighted by molar-refractivity contribution is 6.06. The number of ether oxygens (including phenoxy) is 1. The normalized spacial score (nSPS) is 33.1. The molecule has 7 rings (SSSR count). The van der Waals surface area contributed by atoms with Gasteiger partial charge in [-0.15, -0.1) is 0 Å². The minimum absolute atomic E-state index is 0.131. The van der Waals surface area contributed by atoms with E-state index in [0.717, 1.165) is 28.3 Å². The first-order valence-electron chi connectivity index (χ1n) is 10.6. The van der Waals surface area contributed by atoms with Gasteiger partial charge in [-0.2, -0.15) is 10.1 Å². The lowest BCUT2D eigenvalue weighted by atomic mass is 9.63. The van der Waals surface area contributed by atoms with E-state index in [1.54, 1.807) is 6.21 Å². The number of rotatable bonds is 5.